The number of benzene rings is 1. The number of halogens is 2. The van der Waals surface area contributed by atoms with E-state index in [0.29, 0.717) is 10.8 Å². The van der Waals surface area contributed by atoms with Crippen molar-refractivity contribution in [2.75, 3.05) is 12.4 Å². The average molecular weight is 268 g/mol. The van der Waals surface area contributed by atoms with Crippen LogP contribution in [0.5, 0.6) is 11.6 Å². The van der Waals surface area contributed by atoms with Gasteiger partial charge in [-0.3, -0.25) is 0 Å². The molecular weight excluding hydrogens is 257 g/mol. The summed E-state index contributed by atoms with van der Waals surface area (Å²) in [5.41, 5.74) is 0.836. The summed E-state index contributed by atoms with van der Waals surface area (Å²) >= 11 is 5.86. The summed E-state index contributed by atoms with van der Waals surface area (Å²) in [5.74, 6) is -0.0265. The van der Waals surface area contributed by atoms with Gasteiger partial charge in [0.1, 0.15) is 5.75 Å². The largest absolute Gasteiger partial charge is 0.436 e. The highest BCUT2D eigenvalue weighted by atomic mass is 35.5. The number of aromatic nitrogens is 2. The Morgan fingerprint density at radius 3 is 2.89 bits per heavy atom. The van der Waals surface area contributed by atoms with Crippen LogP contribution in [0, 0.1) is 12.7 Å². The van der Waals surface area contributed by atoms with E-state index in [1.54, 1.807) is 25.2 Å². The molecule has 0 radical (unpaired) electrons. The molecule has 94 valence electrons. The van der Waals surface area contributed by atoms with Crippen LogP contribution in [0.25, 0.3) is 0 Å². The Labute approximate surface area is 109 Å². The third kappa shape index (κ3) is 2.68. The topological polar surface area (TPSA) is 47.0 Å². The lowest BCUT2D eigenvalue weighted by Gasteiger charge is -2.09. The van der Waals surface area contributed by atoms with Gasteiger partial charge in [0.15, 0.2) is 0 Å². The van der Waals surface area contributed by atoms with E-state index in [4.69, 9.17) is 16.3 Å². The molecule has 0 unspecified atom stereocenters. The second-order valence-electron chi connectivity index (χ2n) is 3.61. The molecule has 0 atom stereocenters. The fourth-order valence-electron chi connectivity index (χ4n) is 1.33. The summed E-state index contributed by atoms with van der Waals surface area (Å²) in [6.45, 7) is 1.84. The minimum atomic E-state index is -0.631. The van der Waals surface area contributed by atoms with Crippen molar-refractivity contribution in [3.63, 3.8) is 0 Å². The average Bonchev–Trinajstić information content (AvgIpc) is 2.36. The van der Waals surface area contributed by atoms with Crippen LogP contribution in [0.4, 0.5) is 10.3 Å². The molecule has 0 saturated carbocycles. The summed E-state index contributed by atoms with van der Waals surface area (Å²) < 4.78 is 18.9. The van der Waals surface area contributed by atoms with Crippen LogP contribution in [-0.4, -0.2) is 17.0 Å². The zero-order valence-electron chi connectivity index (χ0n) is 9.87. The van der Waals surface area contributed by atoms with Gasteiger partial charge < -0.3 is 10.1 Å². The van der Waals surface area contributed by atoms with E-state index in [1.165, 1.54) is 0 Å². The van der Waals surface area contributed by atoms with Crippen LogP contribution in [0.3, 0.4) is 0 Å². The molecule has 18 heavy (non-hydrogen) atoms. The maximum Gasteiger partial charge on any atom is 0.260 e. The first-order valence-electron chi connectivity index (χ1n) is 5.24. The summed E-state index contributed by atoms with van der Waals surface area (Å²) in [6.07, 6.45) is 1.05. The highest BCUT2D eigenvalue weighted by molar-refractivity contribution is 6.30. The fourth-order valence-corrected chi connectivity index (χ4v) is 1.49. The van der Waals surface area contributed by atoms with E-state index in [0.717, 1.165) is 11.8 Å². The van der Waals surface area contributed by atoms with Crippen LogP contribution in [0.15, 0.2) is 24.4 Å². The second kappa shape index (κ2) is 5.18. The zero-order valence-corrected chi connectivity index (χ0v) is 10.6. The van der Waals surface area contributed by atoms with E-state index in [9.17, 15) is 4.39 Å². The zero-order chi connectivity index (χ0) is 13.1. The Hall–Kier alpha value is -1.88. The standard InChI is InChI=1S/C12H11ClFN3O/c1-7-3-4-8(13)5-10(7)18-11-9(14)6-16-12(15-2)17-11/h3-6H,1-2H3,(H,15,16,17). The van der Waals surface area contributed by atoms with Gasteiger partial charge in [-0.05, 0) is 24.6 Å². The molecule has 1 aromatic carbocycles. The highest BCUT2D eigenvalue weighted by Gasteiger charge is 2.10. The SMILES string of the molecule is CNc1ncc(F)c(Oc2cc(Cl)ccc2C)n1. The smallest absolute Gasteiger partial charge is 0.260 e. The van der Waals surface area contributed by atoms with E-state index >= 15 is 0 Å². The molecule has 1 N–H and O–H groups in total. The Morgan fingerprint density at radius 2 is 2.17 bits per heavy atom. The fraction of sp³-hybridized carbons (Fsp3) is 0.167. The summed E-state index contributed by atoms with van der Waals surface area (Å²) in [5, 5.41) is 3.22. The number of rotatable bonds is 3. The van der Waals surface area contributed by atoms with Gasteiger partial charge in [0.05, 0.1) is 6.20 Å². The molecule has 1 heterocycles. The normalized spacial score (nSPS) is 10.2. The molecule has 1 aromatic heterocycles. The summed E-state index contributed by atoms with van der Waals surface area (Å²) in [4.78, 5) is 7.63. The number of hydrogen-bond donors (Lipinski definition) is 1. The Bertz CT molecular complexity index is 577. The molecule has 6 heteroatoms. The summed E-state index contributed by atoms with van der Waals surface area (Å²) in [7, 11) is 1.64. The van der Waals surface area contributed by atoms with E-state index in [2.05, 4.69) is 15.3 Å². The van der Waals surface area contributed by atoms with Crippen LogP contribution in [-0.2, 0) is 0 Å². The molecule has 0 amide bonds. The number of nitrogens with one attached hydrogen (secondary N) is 1. The van der Waals surface area contributed by atoms with Crippen molar-refractivity contribution in [2.24, 2.45) is 0 Å². The maximum absolute atomic E-state index is 13.5. The maximum atomic E-state index is 13.5. The third-order valence-corrected chi connectivity index (χ3v) is 2.53. The first-order valence-corrected chi connectivity index (χ1v) is 5.62. The van der Waals surface area contributed by atoms with Gasteiger partial charge in [0.2, 0.25) is 11.8 Å². The van der Waals surface area contributed by atoms with Gasteiger partial charge in [-0.25, -0.2) is 4.98 Å². The molecule has 0 aliphatic heterocycles. The van der Waals surface area contributed by atoms with E-state index in [1.807, 2.05) is 6.92 Å². The lowest BCUT2D eigenvalue weighted by molar-refractivity contribution is 0.418. The molecule has 2 rings (SSSR count). The van der Waals surface area contributed by atoms with Crippen LogP contribution >= 0.6 is 11.6 Å². The molecular formula is C12H11ClFN3O. The molecule has 0 bridgehead atoms. The first-order chi connectivity index (χ1) is 8.60. The van der Waals surface area contributed by atoms with Gasteiger partial charge in [-0.1, -0.05) is 17.7 Å². The highest BCUT2D eigenvalue weighted by Crippen LogP contribution is 2.28. The lowest BCUT2D eigenvalue weighted by Crippen LogP contribution is -2.00. The second-order valence-corrected chi connectivity index (χ2v) is 4.05. The van der Waals surface area contributed by atoms with Crippen LogP contribution < -0.4 is 10.1 Å². The number of aryl methyl sites for hydroxylation is 1. The number of hydrogen-bond acceptors (Lipinski definition) is 4. The molecule has 2 aromatic rings. The number of anilines is 1. The van der Waals surface area contributed by atoms with Crippen molar-refractivity contribution in [1.29, 1.82) is 0 Å². The first kappa shape index (κ1) is 12.6. The predicted octanol–water partition coefficient (Wildman–Crippen LogP) is 3.41. The van der Waals surface area contributed by atoms with Crippen LogP contribution in [0.1, 0.15) is 5.56 Å². The Morgan fingerprint density at radius 1 is 1.39 bits per heavy atom. The van der Waals surface area contributed by atoms with Gasteiger partial charge in [0.25, 0.3) is 5.88 Å². The molecule has 0 spiro atoms. The Kier molecular flexibility index (Phi) is 3.62. The van der Waals surface area contributed by atoms with Gasteiger partial charge in [-0.2, -0.15) is 9.37 Å². The van der Waals surface area contributed by atoms with Gasteiger partial charge in [0, 0.05) is 12.1 Å². The molecule has 4 nitrogen and oxygen atoms in total. The van der Waals surface area contributed by atoms with Gasteiger partial charge in [-0.15, -0.1) is 0 Å². The third-order valence-electron chi connectivity index (χ3n) is 2.29. The number of nitrogens with zero attached hydrogens (tertiary/aromatic N) is 2. The lowest BCUT2D eigenvalue weighted by atomic mass is 10.2. The molecule has 0 fully saturated rings. The number of ether oxygens (including phenoxy) is 1. The molecule has 0 saturated heterocycles. The molecule has 0 aliphatic carbocycles. The van der Waals surface area contributed by atoms with Crippen molar-refractivity contribution in [3.05, 3.63) is 40.8 Å². The minimum Gasteiger partial charge on any atom is -0.436 e. The van der Waals surface area contributed by atoms with Crippen molar-refractivity contribution >= 4 is 17.5 Å². The van der Waals surface area contributed by atoms with Crippen molar-refractivity contribution in [2.45, 2.75) is 6.92 Å². The quantitative estimate of drug-likeness (QED) is 0.926. The predicted molar refractivity (Wildman–Crippen MR) is 67.8 cm³/mol. The van der Waals surface area contributed by atoms with Gasteiger partial charge >= 0.3 is 0 Å². The minimum absolute atomic E-state index is 0.139. The van der Waals surface area contributed by atoms with Crippen molar-refractivity contribution in [3.8, 4) is 11.6 Å². The summed E-state index contributed by atoms with van der Waals surface area (Å²) in [6, 6.07) is 5.13. The van der Waals surface area contributed by atoms with Crippen molar-refractivity contribution < 1.29 is 9.13 Å². The van der Waals surface area contributed by atoms with Crippen LogP contribution in [0.2, 0.25) is 5.02 Å². The Balaban J connectivity index is 2.36. The van der Waals surface area contributed by atoms with E-state index in [-0.39, 0.29) is 11.8 Å². The monoisotopic (exact) mass is 267 g/mol. The van der Waals surface area contributed by atoms with Crippen molar-refractivity contribution in [1.82, 2.24) is 9.97 Å². The van der Waals surface area contributed by atoms with E-state index < -0.39 is 5.82 Å². The molecule has 0 aliphatic rings.